The molecule has 3 N–H and O–H groups in total. The second-order valence-corrected chi connectivity index (χ2v) is 17.0. The molecule has 14 heteroatoms. The Hall–Kier alpha value is -5.40. The van der Waals surface area contributed by atoms with E-state index >= 15 is 4.79 Å². The zero-order valence-electron chi connectivity index (χ0n) is 36.9. The van der Waals surface area contributed by atoms with Gasteiger partial charge in [-0.1, -0.05) is 42.3 Å². The monoisotopic (exact) mass is 891 g/mol. The lowest BCUT2D eigenvalue weighted by atomic mass is 9.55. The molecule has 0 aromatic heterocycles. The number of aliphatic hydroxyl groups excluding tert-OH is 3. The summed E-state index contributed by atoms with van der Waals surface area (Å²) >= 11 is 0. The summed E-state index contributed by atoms with van der Waals surface area (Å²) in [4.78, 5) is 34.8. The van der Waals surface area contributed by atoms with E-state index in [1.807, 2.05) is 18.2 Å². The van der Waals surface area contributed by atoms with E-state index in [-0.39, 0.29) is 76.3 Å². The molecule has 1 saturated heterocycles. The Bertz CT molecular complexity index is 2180. The Balaban J connectivity index is 1.45. The number of allylic oxidation sites excluding steroid dienone is 1. The third-order valence-electron chi connectivity index (χ3n) is 12.9. The number of nitrogens with zero attached hydrogens (tertiary/aromatic N) is 3. The lowest BCUT2D eigenvalue weighted by Crippen LogP contribution is -2.70. The standard InChI is InChI=1S/C51H61N3O11/c1-2-25-62-51-46(54(21-27-60-28-24-57)50(59)37-17-15-35(33-52)16-18-37)32-44(53-65-47-14-5-8-26-61-47)42-30-38(11-3-6-22-55)41(13-4-7-23-56)48(49(42)51)43-31-40(19-20-45(43)64-51)63-39-12-9-10-36(29-39)34-58/h2,9-10,12,15-20,29-31,34,38,41,46-49,55-57H,1,3-8,11,13-14,21-28,32H2. The maximum Gasteiger partial charge on any atom is 0.254 e. The van der Waals surface area contributed by atoms with Gasteiger partial charge in [0.2, 0.25) is 12.1 Å². The molecule has 1 saturated carbocycles. The maximum absolute atomic E-state index is 15.1. The first-order chi connectivity index (χ1) is 31.9. The van der Waals surface area contributed by atoms with E-state index in [4.69, 9.17) is 33.7 Å². The molecule has 346 valence electrons. The average molecular weight is 892 g/mol. The molecular formula is C51H61N3O11. The number of carbonyl (C=O) groups is 2. The van der Waals surface area contributed by atoms with Gasteiger partial charge in [0.1, 0.15) is 29.6 Å². The average Bonchev–Trinajstić information content (AvgIpc) is 3.34. The van der Waals surface area contributed by atoms with E-state index in [1.54, 1.807) is 59.5 Å². The Morgan fingerprint density at radius 3 is 2.49 bits per heavy atom. The predicted molar refractivity (Wildman–Crippen MR) is 242 cm³/mol. The number of hydrogen-bond donors (Lipinski definition) is 3. The Morgan fingerprint density at radius 1 is 0.969 bits per heavy atom. The summed E-state index contributed by atoms with van der Waals surface area (Å²) in [6, 6.07) is 20.4. The highest BCUT2D eigenvalue weighted by molar-refractivity contribution is 6.03. The molecule has 0 spiro atoms. The van der Waals surface area contributed by atoms with Gasteiger partial charge in [0.05, 0.1) is 56.3 Å². The number of amides is 1. The lowest BCUT2D eigenvalue weighted by molar-refractivity contribution is -0.255. The lowest BCUT2D eigenvalue weighted by Gasteiger charge is -2.60. The fraction of sp³-hybridized carbons (Fsp3) is 0.490. The minimum Gasteiger partial charge on any atom is -0.459 e. The molecule has 3 aromatic carbocycles. The second-order valence-electron chi connectivity index (χ2n) is 17.0. The fourth-order valence-corrected chi connectivity index (χ4v) is 10.00. The molecule has 0 bridgehead atoms. The van der Waals surface area contributed by atoms with Crippen molar-refractivity contribution in [1.82, 2.24) is 4.90 Å². The Labute approximate surface area is 381 Å². The van der Waals surface area contributed by atoms with Gasteiger partial charge in [-0.25, -0.2) is 0 Å². The van der Waals surface area contributed by atoms with Crippen LogP contribution in [0.3, 0.4) is 0 Å². The van der Waals surface area contributed by atoms with E-state index in [2.05, 4.69) is 18.7 Å². The summed E-state index contributed by atoms with van der Waals surface area (Å²) in [5.41, 5.74) is 3.60. The van der Waals surface area contributed by atoms with E-state index < -0.39 is 24.0 Å². The molecule has 7 atom stereocenters. The topological polar surface area (TPSA) is 190 Å². The molecule has 7 rings (SSSR count). The van der Waals surface area contributed by atoms with Crippen LogP contribution in [0.4, 0.5) is 0 Å². The van der Waals surface area contributed by atoms with Crippen molar-refractivity contribution >= 4 is 17.9 Å². The fourth-order valence-electron chi connectivity index (χ4n) is 10.00. The number of aliphatic hydroxyl groups is 3. The van der Waals surface area contributed by atoms with E-state index in [1.165, 1.54) is 0 Å². The smallest absolute Gasteiger partial charge is 0.254 e. The summed E-state index contributed by atoms with van der Waals surface area (Å²) in [7, 11) is 0. The number of benzene rings is 3. The number of nitriles is 1. The van der Waals surface area contributed by atoms with Crippen molar-refractivity contribution in [2.24, 2.45) is 22.9 Å². The minimum atomic E-state index is -1.54. The number of aldehydes is 1. The summed E-state index contributed by atoms with van der Waals surface area (Å²) in [6.07, 6.45) is 11.1. The van der Waals surface area contributed by atoms with Gasteiger partial charge in [0.25, 0.3) is 5.91 Å². The van der Waals surface area contributed by atoms with Gasteiger partial charge in [0.15, 0.2) is 0 Å². The molecular weight excluding hydrogens is 831 g/mol. The predicted octanol–water partition coefficient (Wildman–Crippen LogP) is 7.47. The van der Waals surface area contributed by atoms with Gasteiger partial charge in [0, 0.05) is 55.2 Å². The Kier molecular flexibility index (Phi) is 17.0. The number of ether oxygens (including phenoxy) is 5. The third kappa shape index (κ3) is 11.0. The van der Waals surface area contributed by atoms with Gasteiger partial charge in [-0.2, -0.15) is 5.26 Å². The molecule has 2 heterocycles. The molecule has 2 fully saturated rings. The van der Waals surface area contributed by atoms with Crippen LogP contribution in [0, 0.1) is 29.1 Å². The zero-order valence-corrected chi connectivity index (χ0v) is 36.9. The number of carbonyl (C=O) groups excluding carboxylic acids is 2. The number of fused-ring (bicyclic) bond motifs is 2. The SMILES string of the molecule is C=CCOC12Oc3ccc(Oc4cccc(C=O)c4)cc3C3C(CCCCO)C(CCCCO)C=C(C(=NOC4CCCCO4)CC1N(CCOCCO)C(=O)c1ccc(C#N)cc1)C32. The molecule has 14 nitrogen and oxygen atoms in total. The molecule has 1 amide bonds. The van der Waals surface area contributed by atoms with Crippen molar-refractivity contribution in [3.8, 4) is 23.3 Å². The van der Waals surface area contributed by atoms with E-state index in [0.717, 1.165) is 55.9 Å². The van der Waals surface area contributed by atoms with Gasteiger partial charge in [-0.05, 0) is 111 Å². The van der Waals surface area contributed by atoms with Crippen molar-refractivity contribution in [3.63, 3.8) is 0 Å². The first-order valence-corrected chi connectivity index (χ1v) is 23.0. The maximum atomic E-state index is 15.1. The van der Waals surface area contributed by atoms with Gasteiger partial charge >= 0.3 is 0 Å². The number of rotatable bonds is 23. The van der Waals surface area contributed by atoms with Crippen LogP contribution in [0.1, 0.15) is 102 Å². The van der Waals surface area contributed by atoms with Crippen LogP contribution in [0.2, 0.25) is 0 Å². The van der Waals surface area contributed by atoms with Crippen LogP contribution in [0.25, 0.3) is 0 Å². The number of oxime groups is 1. The molecule has 2 aliphatic heterocycles. The second kappa shape index (κ2) is 23.2. The summed E-state index contributed by atoms with van der Waals surface area (Å²) in [5.74, 6) is -1.23. The minimum absolute atomic E-state index is 0.00402. The van der Waals surface area contributed by atoms with Gasteiger partial charge < -0.3 is 48.7 Å². The summed E-state index contributed by atoms with van der Waals surface area (Å²) in [6.45, 7) is 4.83. The van der Waals surface area contributed by atoms with Crippen LogP contribution >= 0.6 is 0 Å². The molecule has 4 aliphatic rings. The molecule has 3 aromatic rings. The highest BCUT2D eigenvalue weighted by Crippen LogP contribution is 2.62. The highest BCUT2D eigenvalue weighted by Gasteiger charge is 2.65. The highest BCUT2D eigenvalue weighted by atomic mass is 16.8. The van der Waals surface area contributed by atoms with Crippen molar-refractivity contribution in [1.29, 1.82) is 5.26 Å². The van der Waals surface area contributed by atoms with Crippen LogP contribution < -0.4 is 9.47 Å². The van der Waals surface area contributed by atoms with Gasteiger partial charge in [-0.3, -0.25) is 9.59 Å². The van der Waals surface area contributed by atoms with Crippen molar-refractivity contribution in [2.45, 2.75) is 88.2 Å². The summed E-state index contributed by atoms with van der Waals surface area (Å²) in [5, 5.41) is 44.1. The van der Waals surface area contributed by atoms with E-state index in [9.17, 15) is 25.4 Å². The van der Waals surface area contributed by atoms with Crippen molar-refractivity contribution in [3.05, 3.63) is 113 Å². The number of hydrogen-bond acceptors (Lipinski definition) is 13. The molecule has 65 heavy (non-hydrogen) atoms. The molecule has 2 aliphatic carbocycles. The van der Waals surface area contributed by atoms with Crippen molar-refractivity contribution < 1.29 is 53.4 Å². The summed E-state index contributed by atoms with van der Waals surface area (Å²) < 4.78 is 32.7. The van der Waals surface area contributed by atoms with Gasteiger partial charge in [-0.15, -0.1) is 6.58 Å². The third-order valence-corrected chi connectivity index (χ3v) is 12.9. The van der Waals surface area contributed by atoms with Crippen molar-refractivity contribution in [2.75, 3.05) is 52.8 Å². The van der Waals surface area contributed by atoms with Crippen LogP contribution in [0.15, 0.2) is 96.2 Å². The van der Waals surface area contributed by atoms with Crippen LogP contribution in [-0.4, -0.2) is 109 Å². The zero-order chi connectivity index (χ0) is 45.6. The van der Waals surface area contributed by atoms with Crippen LogP contribution in [0.5, 0.6) is 17.2 Å². The first-order valence-electron chi connectivity index (χ1n) is 23.0. The first kappa shape index (κ1) is 47.6. The Morgan fingerprint density at radius 2 is 1.77 bits per heavy atom. The van der Waals surface area contributed by atoms with E-state index in [0.29, 0.717) is 65.5 Å². The number of unbranched alkanes of at least 4 members (excludes halogenated alkanes) is 2. The molecule has 0 radical (unpaired) electrons. The normalized spacial score (nSPS) is 25.0. The quantitative estimate of drug-likeness (QED) is 0.0369. The largest absolute Gasteiger partial charge is 0.459 e. The molecule has 7 unspecified atom stereocenters. The van der Waals surface area contributed by atoms with Crippen LogP contribution in [-0.2, 0) is 19.0 Å².